The highest BCUT2D eigenvalue weighted by Gasteiger charge is 2.24. The minimum atomic E-state index is 1.17. The van der Waals surface area contributed by atoms with E-state index in [4.69, 9.17) is 0 Å². The minimum Gasteiger partial charge on any atom is -0.309 e. The summed E-state index contributed by atoms with van der Waals surface area (Å²) >= 11 is 0. The van der Waals surface area contributed by atoms with Crippen LogP contribution in [0.25, 0.3) is 214 Å². The molecule has 0 aliphatic carbocycles. The predicted molar refractivity (Wildman–Crippen MR) is 492 cm³/mol. The van der Waals surface area contributed by atoms with E-state index in [1.54, 1.807) is 0 Å². The highest BCUT2D eigenvalue weighted by Crippen LogP contribution is 2.47. The molecule has 0 saturated heterocycles. The van der Waals surface area contributed by atoms with E-state index in [1.165, 1.54) is 214 Å². The zero-order chi connectivity index (χ0) is 75.9. The summed E-state index contributed by atoms with van der Waals surface area (Å²) in [4.78, 5) is 0. The average molecular weight is 1460 g/mol. The van der Waals surface area contributed by atoms with Gasteiger partial charge in [0, 0.05) is 54.3 Å². The molecule has 24 rings (SSSR count). The molecule has 0 unspecified atom stereocenters. The molecule has 0 saturated carbocycles. The van der Waals surface area contributed by atoms with Gasteiger partial charge in [-0.2, -0.15) is 0 Å². The van der Waals surface area contributed by atoms with E-state index >= 15 is 0 Å². The fourth-order valence-electron chi connectivity index (χ4n) is 18.6. The molecule has 0 atom stereocenters. The van der Waals surface area contributed by atoms with Crippen molar-refractivity contribution in [3.63, 3.8) is 0 Å². The van der Waals surface area contributed by atoms with Crippen LogP contribution in [-0.4, -0.2) is 13.7 Å². The molecule has 3 aromatic heterocycles. The Morgan fingerprint density at radius 2 is 0.443 bits per heavy atom. The van der Waals surface area contributed by atoms with Crippen LogP contribution in [0.2, 0.25) is 0 Å². The molecule has 115 heavy (non-hydrogen) atoms. The Bertz CT molecular complexity index is 7740. The molecule has 0 fully saturated rings. The third-order valence-electron chi connectivity index (χ3n) is 23.7. The summed E-state index contributed by atoms with van der Waals surface area (Å²) in [6, 6.07) is 161. The second-order valence-corrected chi connectivity index (χ2v) is 30.1. The number of hydrogen-bond donors (Lipinski definition) is 0. The van der Waals surface area contributed by atoms with Gasteiger partial charge in [0.1, 0.15) is 0 Å². The van der Waals surface area contributed by atoms with E-state index in [2.05, 4.69) is 457 Å². The largest absolute Gasteiger partial charge is 0.309 e. The summed E-state index contributed by atoms with van der Waals surface area (Å²) in [5.74, 6) is 0. The zero-order valence-electron chi connectivity index (χ0n) is 63.0. The molecular weight excluding hydrogens is 1390 g/mol. The molecule has 0 aliphatic rings. The number of fused-ring (bicyclic) bond motifs is 22. The normalized spacial score (nSPS) is 11.7. The molecule has 0 spiro atoms. The Balaban J connectivity index is 0.000000105. The zero-order valence-corrected chi connectivity index (χ0v) is 63.0. The molecule has 3 heteroatoms. The lowest BCUT2D eigenvalue weighted by atomic mass is 9.94. The van der Waals surface area contributed by atoms with Crippen molar-refractivity contribution in [3.8, 4) is 72.7 Å². The standard InChI is InChI=1S/2C38H25N.C36H23N/c1-3-11-26(12-4-1)30-21-22-34(33(25-30)27-13-5-2-6-14-27)39-35-23-19-28-15-7-9-17-31(28)37(35)38-32-18-10-8-16-29(32)20-24-36(38)39;1-2-10-26(11-3-1)31-14-8-9-15-32(31)29-18-22-30(23-19-29)39-36-25-21-27-12-4-6-16-33(27)37(36)35-24-20-28-13-5-7-17-34(28)38(35)39;1-2-10-24(11-3-1)27-20-23-32(31-17-9-8-16-30(27)31)37-33-21-18-25-12-4-6-14-28(25)35(33)36-29-15-7-5-13-26(29)19-22-34(36)37/h2*1-25H;1-23H. The monoisotopic (exact) mass is 1460 g/mol. The summed E-state index contributed by atoms with van der Waals surface area (Å²) in [5, 5.41) is 25.7. The summed E-state index contributed by atoms with van der Waals surface area (Å²) in [5.41, 5.74) is 23.3. The second-order valence-electron chi connectivity index (χ2n) is 30.1. The molecule has 24 aromatic rings. The fourth-order valence-corrected chi connectivity index (χ4v) is 18.6. The van der Waals surface area contributed by atoms with Crippen LogP contribution in [0, 0.1) is 0 Å². The molecule has 3 heterocycles. The molecule has 536 valence electrons. The van der Waals surface area contributed by atoms with Crippen molar-refractivity contribution < 1.29 is 0 Å². The summed E-state index contributed by atoms with van der Waals surface area (Å²) < 4.78 is 7.40. The Morgan fingerprint density at radius 3 is 0.896 bits per heavy atom. The van der Waals surface area contributed by atoms with Crippen molar-refractivity contribution in [3.05, 3.63) is 443 Å². The molecule has 3 nitrogen and oxygen atoms in total. The molecular formula is C112H73N3. The molecule has 0 aliphatic heterocycles. The van der Waals surface area contributed by atoms with Crippen LogP contribution in [0.4, 0.5) is 0 Å². The number of hydrogen-bond acceptors (Lipinski definition) is 0. The molecule has 0 amide bonds. The highest BCUT2D eigenvalue weighted by atomic mass is 15.0. The van der Waals surface area contributed by atoms with E-state index in [0.29, 0.717) is 0 Å². The van der Waals surface area contributed by atoms with Crippen LogP contribution >= 0.6 is 0 Å². The summed E-state index contributed by atoms with van der Waals surface area (Å²) in [6.07, 6.45) is 0. The maximum Gasteiger partial charge on any atom is 0.0619 e. The van der Waals surface area contributed by atoms with E-state index in [9.17, 15) is 0 Å². The first-order valence-corrected chi connectivity index (χ1v) is 39.7. The first kappa shape index (κ1) is 66.8. The molecule has 21 aromatic carbocycles. The number of nitrogens with zero attached hydrogens (tertiary/aromatic N) is 3. The Hall–Kier alpha value is -15.2. The maximum absolute atomic E-state index is 2.47. The SMILES string of the molecule is c1ccc(-c2ccc(-n3c4ccc5ccccc5c4c4c5ccccc5ccc43)c(-c3ccccc3)c2)cc1.c1ccc(-c2ccc(-n3c4ccc5ccccc5c4c4c5ccccc5ccc43)c3ccccc23)cc1.c1ccc(-c2ccccc2-c2ccc(-n3c4ccc5ccccc5c4c4ccc5ccccc5c43)cc2)cc1. The summed E-state index contributed by atoms with van der Waals surface area (Å²) in [6.45, 7) is 0. The van der Waals surface area contributed by atoms with E-state index in [0.717, 1.165) is 0 Å². The molecule has 0 bridgehead atoms. The maximum atomic E-state index is 2.47. The fraction of sp³-hybridized carbons (Fsp3) is 0. The van der Waals surface area contributed by atoms with Gasteiger partial charge in [0.2, 0.25) is 0 Å². The highest BCUT2D eigenvalue weighted by molar-refractivity contribution is 6.31. The van der Waals surface area contributed by atoms with Gasteiger partial charge >= 0.3 is 0 Å². The topological polar surface area (TPSA) is 14.8 Å². The van der Waals surface area contributed by atoms with Crippen LogP contribution in [0.15, 0.2) is 443 Å². The second kappa shape index (κ2) is 28.0. The van der Waals surface area contributed by atoms with Crippen LogP contribution in [0.3, 0.4) is 0 Å². The van der Waals surface area contributed by atoms with Crippen LogP contribution in [0.1, 0.15) is 0 Å². The molecule has 0 N–H and O–H groups in total. The Kier molecular flexibility index (Phi) is 16.3. The Labute approximate surface area is 665 Å². The van der Waals surface area contributed by atoms with Gasteiger partial charge in [0.25, 0.3) is 0 Å². The first-order valence-electron chi connectivity index (χ1n) is 39.7. The van der Waals surface area contributed by atoms with Gasteiger partial charge in [-0.25, -0.2) is 0 Å². The third kappa shape index (κ3) is 11.3. The van der Waals surface area contributed by atoms with Crippen LogP contribution < -0.4 is 0 Å². The first-order chi connectivity index (χ1) is 57.1. The van der Waals surface area contributed by atoms with E-state index < -0.39 is 0 Å². The predicted octanol–water partition coefficient (Wildman–Crippen LogP) is 30.8. The van der Waals surface area contributed by atoms with Crippen molar-refractivity contribution in [2.45, 2.75) is 0 Å². The van der Waals surface area contributed by atoms with Crippen molar-refractivity contribution >= 4 is 141 Å². The van der Waals surface area contributed by atoms with Gasteiger partial charge in [-0.15, -0.1) is 0 Å². The minimum absolute atomic E-state index is 1.17. The van der Waals surface area contributed by atoms with Gasteiger partial charge in [-0.1, -0.05) is 382 Å². The van der Waals surface area contributed by atoms with Gasteiger partial charge in [-0.05, 0) is 175 Å². The van der Waals surface area contributed by atoms with Crippen molar-refractivity contribution in [1.82, 2.24) is 13.7 Å². The van der Waals surface area contributed by atoms with E-state index in [1.807, 2.05) is 0 Å². The van der Waals surface area contributed by atoms with Gasteiger partial charge < -0.3 is 13.7 Å². The number of aromatic nitrogens is 3. The summed E-state index contributed by atoms with van der Waals surface area (Å²) in [7, 11) is 0. The number of benzene rings is 21. The lowest BCUT2D eigenvalue weighted by Crippen LogP contribution is -1.98. The van der Waals surface area contributed by atoms with Crippen LogP contribution in [-0.2, 0) is 0 Å². The van der Waals surface area contributed by atoms with Gasteiger partial charge in [-0.3, -0.25) is 0 Å². The van der Waals surface area contributed by atoms with Crippen molar-refractivity contribution in [2.24, 2.45) is 0 Å². The van der Waals surface area contributed by atoms with Gasteiger partial charge in [0.05, 0.1) is 44.5 Å². The number of rotatable bonds is 8. The average Bonchev–Trinajstić information content (AvgIpc) is 1.57. The van der Waals surface area contributed by atoms with Crippen LogP contribution in [0.5, 0.6) is 0 Å². The third-order valence-corrected chi connectivity index (χ3v) is 23.7. The Morgan fingerprint density at radius 1 is 0.139 bits per heavy atom. The van der Waals surface area contributed by atoms with E-state index in [-0.39, 0.29) is 0 Å². The smallest absolute Gasteiger partial charge is 0.0619 e. The quantitative estimate of drug-likeness (QED) is 0.144. The van der Waals surface area contributed by atoms with Crippen molar-refractivity contribution in [2.75, 3.05) is 0 Å². The lowest BCUT2D eigenvalue weighted by molar-refractivity contribution is 1.18. The lowest BCUT2D eigenvalue weighted by Gasteiger charge is -2.16. The van der Waals surface area contributed by atoms with Gasteiger partial charge in [0.15, 0.2) is 0 Å². The molecule has 0 radical (unpaired) electrons. The van der Waals surface area contributed by atoms with Crippen molar-refractivity contribution in [1.29, 1.82) is 0 Å².